The van der Waals surface area contributed by atoms with Crippen LogP contribution >= 0.6 is 0 Å². The molecule has 0 saturated heterocycles. The summed E-state index contributed by atoms with van der Waals surface area (Å²) in [6.07, 6.45) is 0. The second kappa shape index (κ2) is 4.48. The van der Waals surface area contributed by atoms with Gasteiger partial charge in [0.05, 0.1) is 4.92 Å². The van der Waals surface area contributed by atoms with Gasteiger partial charge in [-0.1, -0.05) is 19.0 Å². The second-order valence-corrected chi connectivity index (χ2v) is 4.27. The molecule has 0 atom stereocenters. The lowest BCUT2D eigenvalue weighted by atomic mass is 9.99. The summed E-state index contributed by atoms with van der Waals surface area (Å²) in [6.45, 7) is 3.97. The molecule has 2 N–H and O–H groups in total. The second-order valence-electron chi connectivity index (χ2n) is 4.27. The number of nitrogens with two attached hydrogens (primary N) is 1. The average molecular weight is 247 g/mol. The van der Waals surface area contributed by atoms with Crippen LogP contribution in [0.4, 0.5) is 11.5 Å². The molecule has 0 aliphatic rings. The lowest BCUT2D eigenvalue weighted by Crippen LogP contribution is -1.95. The molecule has 0 aliphatic carbocycles. The Morgan fingerprint density at radius 2 is 1.94 bits per heavy atom. The average Bonchev–Trinajstić information content (AvgIpc) is 2.71. The third-order valence-electron chi connectivity index (χ3n) is 2.67. The summed E-state index contributed by atoms with van der Waals surface area (Å²) < 4.78 is 5.20. The highest BCUT2D eigenvalue weighted by Crippen LogP contribution is 2.33. The fourth-order valence-corrected chi connectivity index (χ4v) is 1.81. The van der Waals surface area contributed by atoms with Gasteiger partial charge in [0.15, 0.2) is 11.6 Å². The Bertz CT molecular complexity index is 573. The van der Waals surface area contributed by atoms with Crippen LogP contribution in [0, 0.1) is 10.1 Å². The molecule has 0 saturated carbocycles. The number of non-ortho nitro benzene ring substituents is 1. The zero-order valence-corrected chi connectivity index (χ0v) is 10.1. The van der Waals surface area contributed by atoms with E-state index < -0.39 is 4.92 Å². The van der Waals surface area contributed by atoms with E-state index in [2.05, 4.69) is 5.16 Å². The molecule has 2 aromatic rings. The van der Waals surface area contributed by atoms with Crippen LogP contribution in [-0.4, -0.2) is 10.1 Å². The molecule has 0 aliphatic heterocycles. The molecule has 0 amide bonds. The summed E-state index contributed by atoms with van der Waals surface area (Å²) in [6, 6.07) is 6.12. The first kappa shape index (κ1) is 12.1. The molecule has 1 aromatic carbocycles. The van der Waals surface area contributed by atoms with Crippen molar-refractivity contribution >= 4 is 11.5 Å². The molecule has 6 heteroatoms. The molecule has 6 nitrogen and oxygen atoms in total. The van der Waals surface area contributed by atoms with Gasteiger partial charge >= 0.3 is 0 Å². The predicted molar refractivity (Wildman–Crippen MR) is 67.1 cm³/mol. The lowest BCUT2D eigenvalue weighted by Gasteiger charge is -2.05. The summed E-state index contributed by atoms with van der Waals surface area (Å²) in [4.78, 5) is 10.1. The van der Waals surface area contributed by atoms with Crippen LogP contribution in [0.25, 0.3) is 11.3 Å². The standard InChI is InChI=1S/C12H13N3O3/c1-7(2)10-11(18-14-12(10)13)8-3-5-9(6-4-8)15(16)17/h3-7H,1-2H3,(H2,13,14). The van der Waals surface area contributed by atoms with E-state index in [1.807, 2.05) is 13.8 Å². The van der Waals surface area contributed by atoms with Crippen molar-refractivity contribution in [3.63, 3.8) is 0 Å². The Balaban J connectivity index is 2.46. The van der Waals surface area contributed by atoms with Gasteiger partial charge in [-0.05, 0) is 18.1 Å². The number of benzene rings is 1. The molecule has 1 aromatic heterocycles. The maximum atomic E-state index is 10.6. The zero-order chi connectivity index (χ0) is 13.3. The molecule has 0 bridgehead atoms. The highest BCUT2D eigenvalue weighted by Gasteiger charge is 2.19. The van der Waals surface area contributed by atoms with Gasteiger partial charge in [0, 0.05) is 23.3 Å². The van der Waals surface area contributed by atoms with Gasteiger partial charge in [-0.2, -0.15) is 0 Å². The third-order valence-corrected chi connectivity index (χ3v) is 2.67. The fourth-order valence-electron chi connectivity index (χ4n) is 1.81. The maximum absolute atomic E-state index is 10.6. The minimum atomic E-state index is -0.443. The summed E-state index contributed by atoms with van der Waals surface area (Å²) >= 11 is 0. The smallest absolute Gasteiger partial charge is 0.269 e. The number of nitrogens with zero attached hydrogens (tertiary/aromatic N) is 2. The van der Waals surface area contributed by atoms with Gasteiger partial charge in [-0.3, -0.25) is 10.1 Å². The Morgan fingerprint density at radius 1 is 1.33 bits per heavy atom. The molecule has 94 valence electrons. The highest BCUT2D eigenvalue weighted by molar-refractivity contribution is 5.67. The largest absolute Gasteiger partial charge is 0.381 e. The summed E-state index contributed by atoms with van der Waals surface area (Å²) in [7, 11) is 0. The minimum Gasteiger partial charge on any atom is -0.381 e. The van der Waals surface area contributed by atoms with Crippen molar-refractivity contribution in [2.75, 3.05) is 5.73 Å². The Morgan fingerprint density at radius 3 is 2.44 bits per heavy atom. The van der Waals surface area contributed by atoms with Crippen LogP contribution in [0.3, 0.4) is 0 Å². The van der Waals surface area contributed by atoms with E-state index in [9.17, 15) is 10.1 Å². The normalized spacial score (nSPS) is 10.8. The molecule has 0 unspecified atom stereocenters. The van der Waals surface area contributed by atoms with Crippen LogP contribution in [-0.2, 0) is 0 Å². The van der Waals surface area contributed by atoms with E-state index in [0.29, 0.717) is 11.6 Å². The van der Waals surface area contributed by atoms with Gasteiger partial charge in [0.2, 0.25) is 0 Å². The van der Waals surface area contributed by atoms with Crippen LogP contribution in [0.5, 0.6) is 0 Å². The van der Waals surface area contributed by atoms with E-state index in [1.165, 1.54) is 12.1 Å². The number of nitro benzene ring substituents is 1. The molecule has 1 heterocycles. The molecular weight excluding hydrogens is 234 g/mol. The van der Waals surface area contributed by atoms with Crippen LogP contribution in [0.15, 0.2) is 28.8 Å². The van der Waals surface area contributed by atoms with Crippen molar-refractivity contribution in [3.8, 4) is 11.3 Å². The number of rotatable bonds is 3. The van der Waals surface area contributed by atoms with E-state index >= 15 is 0 Å². The van der Waals surface area contributed by atoms with E-state index in [-0.39, 0.29) is 11.6 Å². The zero-order valence-electron chi connectivity index (χ0n) is 10.1. The van der Waals surface area contributed by atoms with Gasteiger partial charge < -0.3 is 10.3 Å². The summed E-state index contributed by atoms with van der Waals surface area (Å²) in [5.74, 6) is 1.09. The predicted octanol–water partition coefficient (Wildman–Crippen LogP) is 2.96. The first-order valence-electron chi connectivity index (χ1n) is 5.50. The number of anilines is 1. The Kier molecular flexibility index (Phi) is 3.01. The van der Waals surface area contributed by atoms with Gasteiger partial charge in [0.25, 0.3) is 5.69 Å². The molecule has 0 radical (unpaired) electrons. The van der Waals surface area contributed by atoms with Crippen LogP contribution in [0.1, 0.15) is 25.3 Å². The number of nitrogen functional groups attached to an aromatic ring is 1. The van der Waals surface area contributed by atoms with Crippen LogP contribution in [0.2, 0.25) is 0 Å². The third kappa shape index (κ3) is 2.04. The van der Waals surface area contributed by atoms with Gasteiger partial charge in [-0.15, -0.1) is 0 Å². The summed E-state index contributed by atoms with van der Waals surface area (Å²) in [5.41, 5.74) is 7.34. The molecule has 2 rings (SSSR count). The van der Waals surface area contributed by atoms with Gasteiger partial charge in [-0.25, -0.2) is 0 Å². The lowest BCUT2D eigenvalue weighted by molar-refractivity contribution is -0.384. The SMILES string of the molecule is CC(C)c1c(N)noc1-c1ccc([N+](=O)[O-])cc1. The molecular formula is C12H13N3O3. The minimum absolute atomic E-state index is 0.0392. The van der Waals surface area contributed by atoms with E-state index in [4.69, 9.17) is 10.3 Å². The number of nitro groups is 1. The van der Waals surface area contributed by atoms with Crippen molar-refractivity contribution in [1.29, 1.82) is 0 Å². The number of hydrogen-bond donors (Lipinski definition) is 1. The Labute approximate surface area is 104 Å². The maximum Gasteiger partial charge on any atom is 0.269 e. The van der Waals surface area contributed by atoms with Crippen molar-refractivity contribution in [1.82, 2.24) is 5.16 Å². The summed E-state index contributed by atoms with van der Waals surface area (Å²) in [5, 5.41) is 14.3. The fraction of sp³-hybridized carbons (Fsp3) is 0.250. The number of hydrogen-bond acceptors (Lipinski definition) is 5. The first-order valence-corrected chi connectivity index (χ1v) is 5.50. The highest BCUT2D eigenvalue weighted by atomic mass is 16.6. The van der Waals surface area contributed by atoms with E-state index in [0.717, 1.165) is 11.1 Å². The van der Waals surface area contributed by atoms with Crippen molar-refractivity contribution in [2.45, 2.75) is 19.8 Å². The first-order chi connectivity index (χ1) is 8.50. The van der Waals surface area contributed by atoms with Crippen molar-refractivity contribution < 1.29 is 9.45 Å². The molecule has 0 spiro atoms. The van der Waals surface area contributed by atoms with Gasteiger partial charge in [0.1, 0.15) is 0 Å². The topological polar surface area (TPSA) is 95.2 Å². The Hall–Kier alpha value is -2.37. The quantitative estimate of drug-likeness (QED) is 0.664. The van der Waals surface area contributed by atoms with Crippen LogP contribution < -0.4 is 5.73 Å². The van der Waals surface area contributed by atoms with E-state index in [1.54, 1.807) is 12.1 Å². The number of aromatic nitrogens is 1. The van der Waals surface area contributed by atoms with Crippen molar-refractivity contribution in [3.05, 3.63) is 39.9 Å². The molecule has 0 fully saturated rings. The van der Waals surface area contributed by atoms with Crippen molar-refractivity contribution in [2.24, 2.45) is 0 Å². The monoisotopic (exact) mass is 247 g/mol. The molecule has 18 heavy (non-hydrogen) atoms.